The minimum atomic E-state index is -0.398. The number of nitrogens with zero attached hydrogens (tertiary/aromatic N) is 1. The van der Waals surface area contributed by atoms with Crippen LogP contribution in [-0.4, -0.2) is 9.97 Å². The molecule has 5 heteroatoms. The van der Waals surface area contributed by atoms with E-state index >= 15 is 0 Å². The van der Waals surface area contributed by atoms with Crippen LogP contribution in [0.4, 0.5) is 0 Å². The van der Waals surface area contributed by atoms with Crippen molar-refractivity contribution in [3.63, 3.8) is 0 Å². The summed E-state index contributed by atoms with van der Waals surface area (Å²) >= 11 is 3.42. The third-order valence-electron chi connectivity index (χ3n) is 3.59. The molecule has 0 bridgehead atoms. The number of halogens is 1. The van der Waals surface area contributed by atoms with E-state index in [1.165, 1.54) is 0 Å². The average Bonchev–Trinajstić information content (AvgIpc) is 2.89. The lowest BCUT2D eigenvalue weighted by molar-refractivity contribution is 0.563. The predicted octanol–water partition coefficient (Wildman–Crippen LogP) is 4.41. The number of hydrogen-bond acceptors (Lipinski definition) is 3. The molecule has 1 N–H and O–H groups in total. The van der Waals surface area contributed by atoms with Crippen LogP contribution in [0.2, 0.25) is 0 Å². The molecule has 4 rings (SSSR count). The minimum Gasteiger partial charge on any atom is -0.422 e. The summed E-state index contributed by atoms with van der Waals surface area (Å²) in [6.07, 6.45) is 0. The average molecular weight is 355 g/mol. The molecule has 2 aromatic heterocycles. The molecule has 0 atom stereocenters. The van der Waals surface area contributed by atoms with Crippen molar-refractivity contribution < 1.29 is 4.42 Å². The van der Waals surface area contributed by atoms with Crippen molar-refractivity contribution in [2.24, 2.45) is 0 Å². The van der Waals surface area contributed by atoms with Crippen molar-refractivity contribution in [2.45, 2.75) is 6.92 Å². The van der Waals surface area contributed by atoms with Gasteiger partial charge in [0.05, 0.1) is 11.0 Å². The molecule has 22 heavy (non-hydrogen) atoms. The quantitative estimate of drug-likeness (QED) is 0.515. The Labute approximate surface area is 133 Å². The smallest absolute Gasteiger partial charge is 0.347 e. The van der Waals surface area contributed by atoms with Crippen LogP contribution in [-0.2, 0) is 0 Å². The largest absolute Gasteiger partial charge is 0.422 e. The van der Waals surface area contributed by atoms with Gasteiger partial charge in [-0.15, -0.1) is 0 Å². The van der Waals surface area contributed by atoms with Crippen LogP contribution in [0.25, 0.3) is 33.4 Å². The Morgan fingerprint density at radius 2 is 2.00 bits per heavy atom. The van der Waals surface area contributed by atoms with Crippen LogP contribution in [0.15, 0.2) is 56.1 Å². The van der Waals surface area contributed by atoms with Gasteiger partial charge in [-0.25, -0.2) is 9.78 Å². The van der Waals surface area contributed by atoms with Gasteiger partial charge in [0.15, 0.2) is 0 Å². The zero-order valence-electron chi connectivity index (χ0n) is 11.7. The van der Waals surface area contributed by atoms with E-state index in [1.807, 2.05) is 37.3 Å². The Morgan fingerprint density at radius 1 is 1.14 bits per heavy atom. The number of aryl methyl sites for hydroxylation is 1. The van der Waals surface area contributed by atoms with Crippen LogP contribution in [0.5, 0.6) is 0 Å². The lowest BCUT2D eigenvalue weighted by Crippen LogP contribution is -2.03. The number of nitrogens with one attached hydrogen (secondary N) is 1. The molecule has 0 saturated heterocycles. The zero-order valence-corrected chi connectivity index (χ0v) is 13.3. The molecule has 2 heterocycles. The highest BCUT2D eigenvalue weighted by Gasteiger charge is 2.12. The minimum absolute atomic E-state index is 0.398. The van der Waals surface area contributed by atoms with Crippen molar-refractivity contribution in [1.82, 2.24) is 9.97 Å². The summed E-state index contributed by atoms with van der Waals surface area (Å²) in [7, 11) is 0. The van der Waals surface area contributed by atoms with Crippen LogP contribution in [0.1, 0.15) is 5.56 Å². The Balaban J connectivity index is 1.98. The Hall–Kier alpha value is -2.40. The number of hydrogen-bond donors (Lipinski definition) is 1. The van der Waals surface area contributed by atoms with Crippen molar-refractivity contribution in [2.75, 3.05) is 0 Å². The SMILES string of the molecule is Cc1ccc2nc(-c3cc4cc(Br)ccc4oc3=O)[nH]c2c1. The highest BCUT2D eigenvalue weighted by Crippen LogP contribution is 2.24. The molecular weight excluding hydrogens is 344 g/mol. The van der Waals surface area contributed by atoms with Gasteiger partial charge in [0.1, 0.15) is 17.0 Å². The van der Waals surface area contributed by atoms with E-state index in [1.54, 1.807) is 12.1 Å². The van der Waals surface area contributed by atoms with Gasteiger partial charge >= 0.3 is 5.63 Å². The molecule has 4 nitrogen and oxygen atoms in total. The first-order valence-electron chi connectivity index (χ1n) is 6.80. The third-order valence-corrected chi connectivity index (χ3v) is 4.08. The summed E-state index contributed by atoms with van der Waals surface area (Å²) in [5.74, 6) is 0.524. The van der Waals surface area contributed by atoms with Gasteiger partial charge in [0, 0.05) is 9.86 Å². The second kappa shape index (κ2) is 4.81. The summed E-state index contributed by atoms with van der Waals surface area (Å²) in [6, 6.07) is 13.3. The molecule has 0 unspecified atom stereocenters. The Morgan fingerprint density at radius 3 is 2.86 bits per heavy atom. The number of imidazole rings is 1. The van der Waals surface area contributed by atoms with E-state index in [0.717, 1.165) is 26.5 Å². The molecule has 0 amide bonds. The summed E-state index contributed by atoms with van der Waals surface area (Å²) in [6.45, 7) is 2.02. The van der Waals surface area contributed by atoms with E-state index in [4.69, 9.17) is 4.42 Å². The monoisotopic (exact) mass is 354 g/mol. The Bertz CT molecular complexity index is 1080. The number of aromatic amines is 1. The van der Waals surface area contributed by atoms with Crippen LogP contribution >= 0.6 is 15.9 Å². The molecule has 0 aliphatic rings. The fourth-order valence-corrected chi connectivity index (χ4v) is 2.89. The summed E-state index contributed by atoms with van der Waals surface area (Å²) in [4.78, 5) is 19.9. The summed E-state index contributed by atoms with van der Waals surface area (Å²) < 4.78 is 6.32. The van der Waals surface area contributed by atoms with Gasteiger partial charge in [0.25, 0.3) is 0 Å². The lowest BCUT2D eigenvalue weighted by Gasteiger charge is -2.00. The Kier molecular flexibility index (Phi) is 2.90. The van der Waals surface area contributed by atoms with Crippen molar-refractivity contribution in [3.05, 3.63) is 62.9 Å². The summed E-state index contributed by atoms with van der Waals surface area (Å²) in [5, 5.41) is 0.848. The van der Waals surface area contributed by atoms with Gasteiger partial charge < -0.3 is 9.40 Å². The maximum absolute atomic E-state index is 12.2. The van der Waals surface area contributed by atoms with Crippen molar-refractivity contribution >= 4 is 37.9 Å². The van der Waals surface area contributed by atoms with Crippen molar-refractivity contribution in [1.29, 1.82) is 0 Å². The standard InChI is InChI=1S/C17H11BrN2O2/c1-9-2-4-13-14(6-9)20-16(19-13)12-8-10-7-11(18)3-5-15(10)22-17(12)21/h2-8H,1H3,(H,19,20). The lowest BCUT2D eigenvalue weighted by atomic mass is 10.2. The van der Waals surface area contributed by atoms with E-state index in [9.17, 15) is 4.79 Å². The molecule has 0 aliphatic carbocycles. The van der Waals surface area contributed by atoms with Crippen molar-refractivity contribution in [3.8, 4) is 11.4 Å². The van der Waals surface area contributed by atoms with Gasteiger partial charge in [-0.05, 0) is 48.9 Å². The molecular formula is C17H11BrN2O2. The predicted molar refractivity (Wildman–Crippen MR) is 90.0 cm³/mol. The van der Waals surface area contributed by atoms with E-state index < -0.39 is 5.63 Å². The number of aromatic nitrogens is 2. The van der Waals surface area contributed by atoms with Gasteiger partial charge in [-0.1, -0.05) is 22.0 Å². The fraction of sp³-hybridized carbons (Fsp3) is 0.0588. The molecule has 0 spiro atoms. The molecule has 2 aromatic carbocycles. The third kappa shape index (κ3) is 2.14. The summed E-state index contributed by atoms with van der Waals surface area (Å²) in [5.41, 5.74) is 3.46. The van der Waals surface area contributed by atoms with Crippen LogP contribution in [0, 0.1) is 6.92 Å². The first kappa shape index (κ1) is 13.3. The van der Waals surface area contributed by atoms with E-state index in [0.29, 0.717) is 17.0 Å². The first-order chi connectivity index (χ1) is 10.6. The number of rotatable bonds is 1. The highest BCUT2D eigenvalue weighted by molar-refractivity contribution is 9.10. The molecule has 4 aromatic rings. The number of H-pyrrole nitrogens is 1. The van der Waals surface area contributed by atoms with E-state index in [2.05, 4.69) is 25.9 Å². The topological polar surface area (TPSA) is 58.9 Å². The second-order valence-corrected chi connectivity index (χ2v) is 6.15. The maximum Gasteiger partial charge on any atom is 0.347 e. The molecule has 0 fully saturated rings. The molecule has 0 radical (unpaired) electrons. The van der Waals surface area contributed by atoms with Crippen LogP contribution in [0.3, 0.4) is 0 Å². The number of benzene rings is 2. The maximum atomic E-state index is 12.2. The molecule has 0 aliphatic heterocycles. The fourth-order valence-electron chi connectivity index (χ4n) is 2.51. The molecule has 108 valence electrons. The zero-order chi connectivity index (χ0) is 15.3. The van der Waals surface area contributed by atoms with Gasteiger partial charge in [-0.3, -0.25) is 0 Å². The second-order valence-electron chi connectivity index (χ2n) is 5.24. The first-order valence-corrected chi connectivity index (χ1v) is 7.59. The normalized spacial score (nSPS) is 11.4. The van der Waals surface area contributed by atoms with Gasteiger partial charge in [0.2, 0.25) is 0 Å². The van der Waals surface area contributed by atoms with Crippen LogP contribution < -0.4 is 5.63 Å². The number of fused-ring (bicyclic) bond motifs is 2. The van der Waals surface area contributed by atoms with Gasteiger partial charge in [-0.2, -0.15) is 0 Å². The highest BCUT2D eigenvalue weighted by atomic mass is 79.9. The van der Waals surface area contributed by atoms with E-state index in [-0.39, 0.29) is 0 Å². The molecule has 0 saturated carbocycles.